The molecule has 5 N–H and O–H groups in total. The quantitative estimate of drug-likeness (QED) is 0.703. The van der Waals surface area contributed by atoms with Crippen molar-refractivity contribution in [3.63, 3.8) is 0 Å². The highest BCUT2D eigenvalue weighted by atomic mass is 16.2. The van der Waals surface area contributed by atoms with Gasteiger partial charge in [0.15, 0.2) is 0 Å². The van der Waals surface area contributed by atoms with Gasteiger partial charge in [0, 0.05) is 23.9 Å². The zero-order valence-corrected chi connectivity index (χ0v) is 11.5. The molecule has 2 aliphatic rings. The number of hydrogen-bond acceptors (Lipinski definition) is 3. The minimum atomic E-state index is -0.283. The van der Waals surface area contributed by atoms with Gasteiger partial charge in [-0.3, -0.25) is 9.59 Å². The maximum atomic E-state index is 12.0. The van der Waals surface area contributed by atoms with Gasteiger partial charge < -0.3 is 16.8 Å². The first-order valence-corrected chi connectivity index (χ1v) is 7.36. The first-order valence-electron chi connectivity index (χ1n) is 7.36. The van der Waals surface area contributed by atoms with Crippen LogP contribution in [-0.2, 0) is 9.59 Å². The Hall–Kier alpha value is -1.10. The lowest BCUT2D eigenvalue weighted by Crippen LogP contribution is -2.46. The van der Waals surface area contributed by atoms with Gasteiger partial charge in [-0.15, -0.1) is 0 Å². The summed E-state index contributed by atoms with van der Waals surface area (Å²) in [5.41, 5.74) is 11.2. The molecule has 5 nitrogen and oxygen atoms in total. The van der Waals surface area contributed by atoms with Crippen molar-refractivity contribution >= 4 is 11.8 Å². The predicted octanol–water partition coefficient (Wildman–Crippen LogP) is 0.808. The van der Waals surface area contributed by atoms with E-state index < -0.39 is 0 Å². The highest BCUT2D eigenvalue weighted by molar-refractivity contribution is 5.78. The third-order valence-electron chi connectivity index (χ3n) is 4.61. The molecule has 0 spiro atoms. The van der Waals surface area contributed by atoms with Crippen molar-refractivity contribution in [3.05, 3.63) is 0 Å². The second-order valence-corrected chi connectivity index (χ2v) is 6.26. The van der Waals surface area contributed by atoms with E-state index in [0.717, 1.165) is 51.4 Å². The maximum Gasteiger partial charge on any atom is 0.222 e. The zero-order chi connectivity index (χ0) is 13.9. The lowest BCUT2D eigenvalue weighted by Gasteiger charge is -2.29. The highest BCUT2D eigenvalue weighted by Crippen LogP contribution is 2.30. The first kappa shape index (κ1) is 14.3. The molecule has 0 aromatic heterocycles. The maximum absolute atomic E-state index is 12.0. The van der Waals surface area contributed by atoms with Crippen LogP contribution in [-0.4, -0.2) is 23.4 Å². The fourth-order valence-electron chi connectivity index (χ4n) is 3.38. The average molecular weight is 267 g/mol. The molecule has 2 rings (SSSR count). The Morgan fingerprint density at radius 3 is 2.21 bits per heavy atom. The summed E-state index contributed by atoms with van der Waals surface area (Å²) < 4.78 is 0. The molecular formula is C14H25N3O2. The Bertz CT molecular complexity index is 343. The summed E-state index contributed by atoms with van der Waals surface area (Å²) in [4.78, 5) is 23.1. The first-order chi connectivity index (χ1) is 8.98. The molecule has 0 aromatic carbocycles. The van der Waals surface area contributed by atoms with Gasteiger partial charge in [-0.05, 0) is 38.5 Å². The molecule has 5 heteroatoms. The number of amides is 2. The van der Waals surface area contributed by atoms with Crippen LogP contribution in [0, 0.1) is 5.92 Å². The number of nitrogens with two attached hydrogens (primary N) is 2. The second kappa shape index (κ2) is 5.90. The van der Waals surface area contributed by atoms with Crippen LogP contribution in [0.4, 0.5) is 0 Å². The average Bonchev–Trinajstić information content (AvgIpc) is 2.76. The van der Waals surface area contributed by atoms with Gasteiger partial charge in [-0.2, -0.15) is 0 Å². The molecule has 0 heterocycles. The smallest absolute Gasteiger partial charge is 0.222 e. The van der Waals surface area contributed by atoms with Crippen molar-refractivity contribution in [1.29, 1.82) is 0 Å². The van der Waals surface area contributed by atoms with Gasteiger partial charge in [0.25, 0.3) is 0 Å². The summed E-state index contributed by atoms with van der Waals surface area (Å²) in [6.07, 6.45) is 7.86. The van der Waals surface area contributed by atoms with E-state index in [9.17, 15) is 9.59 Å². The molecule has 0 unspecified atom stereocenters. The van der Waals surface area contributed by atoms with Crippen molar-refractivity contribution < 1.29 is 9.59 Å². The number of hydrogen-bond donors (Lipinski definition) is 3. The van der Waals surface area contributed by atoms with E-state index in [1.165, 1.54) is 0 Å². The standard InChI is InChI=1S/C14H25N3O2/c15-13(19)10-3-5-11(6-4-10)17-12(18)9-14(16)7-1-2-8-14/h10-11H,1-9,16H2,(H2,15,19)(H,17,18). The summed E-state index contributed by atoms with van der Waals surface area (Å²) >= 11 is 0. The molecule has 2 aliphatic carbocycles. The Balaban J connectivity index is 1.73. The van der Waals surface area contributed by atoms with Crippen LogP contribution in [0.15, 0.2) is 0 Å². The van der Waals surface area contributed by atoms with E-state index in [2.05, 4.69) is 5.32 Å². The lowest BCUT2D eigenvalue weighted by molar-refractivity contribution is -0.123. The van der Waals surface area contributed by atoms with Gasteiger partial charge in [0.1, 0.15) is 0 Å². The van der Waals surface area contributed by atoms with Crippen molar-refractivity contribution in [2.75, 3.05) is 0 Å². The van der Waals surface area contributed by atoms with E-state index in [1.807, 2.05) is 0 Å². The largest absolute Gasteiger partial charge is 0.369 e. The summed E-state index contributed by atoms with van der Waals surface area (Å²) in [7, 11) is 0. The van der Waals surface area contributed by atoms with E-state index in [1.54, 1.807) is 0 Å². The van der Waals surface area contributed by atoms with E-state index in [4.69, 9.17) is 11.5 Å². The second-order valence-electron chi connectivity index (χ2n) is 6.26. The summed E-state index contributed by atoms with van der Waals surface area (Å²) in [6, 6.07) is 0.188. The van der Waals surface area contributed by atoms with Gasteiger partial charge in [-0.25, -0.2) is 0 Å². The van der Waals surface area contributed by atoms with Crippen molar-refractivity contribution in [1.82, 2.24) is 5.32 Å². The van der Waals surface area contributed by atoms with Gasteiger partial charge in [0.05, 0.1) is 0 Å². The Morgan fingerprint density at radius 1 is 1.11 bits per heavy atom. The molecule has 19 heavy (non-hydrogen) atoms. The van der Waals surface area contributed by atoms with Crippen molar-refractivity contribution in [2.24, 2.45) is 17.4 Å². The molecule has 2 saturated carbocycles. The predicted molar refractivity (Wildman–Crippen MR) is 73.1 cm³/mol. The third-order valence-corrected chi connectivity index (χ3v) is 4.61. The van der Waals surface area contributed by atoms with Crippen LogP contribution in [0.1, 0.15) is 57.8 Å². The Kier molecular flexibility index (Phi) is 4.45. The molecule has 0 bridgehead atoms. The van der Waals surface area contributed by atoms with Crippen molar-refractivity contribution in [2.45, 2.75) is 69.4 Å². The van der Waals surface area contributed by atoms with Gasteiger partial charge >= 0.3 is 0 Å². The van der Waals surface area contributed by atoms with E-state index in [0.29, 0.717) is 6.42 Å². The normalized spacial score (nSPS) is 29.9. The molecule has 0 radical (unpaired) electrons. The molecule has 0 atom stereocenters. The summed E-state index contributed by atoms with van der Waals surface area (Å²) in [5, 5.41) is 3.06. The minimum absolute atomic E-state index is 0.0103. The number of carbonyl (C=O) groups excluding carboxylic acids is 2. The Morgan fingerprint density at radius 2 is 1.68 bits per heavy atom. The molecule has 0 aromatic rings. The van der Waals surface area contributed by atoms with Crippen LogP contribution < -0.4 is 16.8 Å². The SMILES string of the molecule is NC(=O)C1CCC(NC(=O)CC2(N)CCCC2)CC1. The summed E-state index contributed by atoms with van der Waals surface area (Å²) in [6.45, 7) is 0. The molecule has 0 aliphatic heterocycles. The minimum Gasteiger partial charge on any atom is -0.369 e. The Labute approximate surface area is 114 Å². The number of primary amides is 1. The molecule has 2 fully saturated rings. The van der Waals surface area contributed by atoms with E-state index >= 15 is 0 Å². The monoisotopic (exact) mass is 267 g/mol. The number of nitrogens with one attached hydrogen (secondary N) is 1. The fraction of sp³-hybridized carbons (Fsp3) is 0.857. The van der Waals surface area contributed by atoms with Gasteiger partial charge in [-0.1, -0.05) is 12.8 Å². The summed E-state index contributed by atoms with van der Waals surface area (Å²) in [5.74, 6) is -0.160. The van der Waals surface area contributed by atoms with Crippen LogP contribution in [0.2, 0.25) is 0 Å². The molecule has 108 valence electrons. The van der Waals surface area contributed by atoms with Crippen LogP contribution in [0.25, 0.3) is 0 Å². The third kappa shape index (κ3) is 3.93. The number of rotatable bonds is 4. The van der Waals surface area contributed by atoms with E-state index in [-0.39, 0.29) is 29.3 Å². The fourth-order valence-corrected chi connectivity index (χ4v) is 3.38. The number of carbonyl (C=O) groups is 2. The zero-order valence-electron chi connectivity index (χ0n) is 11.5. The van der Waals surface area contributed by atoms with Gasteiger partial charge in [0.2, 0.25) is 11.8 Å². The van der Waals surface area contributed by atoms with Crippen LogP contribution in [0.5, 0.6) is 0 Å². The lowest BCUT2D eigenvalue weighted by atomic mass is 9.85. The highest BCUT2D eigenvalue weighted by Gasteiger charge is 2.33. The molecule has 2 amide bonds. The van der Waals surface area contributed by atoms with Crippen LogP contribution >= 0.6 is 0 Å². The van der Waals surface area contributed by atoms with Crippen LogP contribution in [0.3, 0.4) is 0 Å². The molecular weight excluding hydrogens is 242 g/mol. The molecule has 0 saturated heterocycles. The van der Waals surface area contributed by atoms with Crippen molar-refractivity contribution in [3.8, 4) is 0 Å². The topological polar surface area (TPSA) is 98.2 Å².